The van der Waals surface area contributed by atoms with Gasteiger partial charge in [-0.3, -0.25) is 34.5 Å². The van der Waals surface area contributed by atoms with Crippen LogP contribution in [0.4, 0.5) is 0 Å². The second-order valence-electron chi connectivity index (χ2n) is 26.4. The number of benzene rings is 11. The summed E-state index contributed by atoms with van der Waals surface area (Å²) < 4.78 is 0. The normalized spacial score (nSPS) is 10.2. The number of para-hydroxylation sites is 5. The maximum atomic E-state index is 10.5. The Morgan fingerprint density at radius 2 is 0.735 bits per heavy atom. The topological polar surface area (TPSA) is 169 Å². The Hall–Kier alpha value is -10.9. The predicted molar refractivity (Wildman–Crippen MR) is 459 cm³/mol. The fraction of sp³-hybridized carbons (Fsp3) is 0.0891. The van der Waals surface area contributed by atoms with Crippen molar-refractivity contribution in [2.45, 2.75) is 62.3 Å². The number of carbonyl (C=O) groups excluding carboxylic acids is 3. The molecule has 5 radical (unpaired) electrons. The number of aliphatic hydroxyl groups excluding tert-OH is 2. The molecule has 17 rings (SSSR count). The minimum atomic E-state index is -0.240. The summed E-state index contributed by atoms with van der Waals surface area (Å²) in [4.78, 5) is 57.7. The quantitative estimate of drug-likeness (QED) is 0.0643. The molecule has 0 saturated heterocycles. The maximum absolute atomic E-state index is 10.5. The van der Waals surface area contributed by atoms with Crippen molar-refractivity contribution in [2.24, 2.45) is 0 Å². The van der Waals surface area contributed by atoms with Crippen molar-refractivity contribution in [3.05, 3.63) is 404 Å². The number of Topliss-reactive ketones (excluding diaryl/α,β-unsaturated/α-hetero) is 1. The molecule has 0 aliphatic rings. The van der Waals surface area contributed by atoms with Gasteiger partial charge in [-0.2, -0.15) is 6.92 Å². The van der Waals surface area contributed by atoms with Gasteiger partial charge in [0.15, 0.2) is 11.6 Å². The molecule has 6 aromatic heterocycles. The second kappa shape index (κ2) is 49.2. The molecule has 6 heterocycles. The van der Waals surface area contributed by atoms with E-state index in [2.05, 4.69) is 220 Å². The number of carbonyl (C=O) groups is 3. The van der Waals surface area contributed by atoms with Crippen molar-refractivity contribution >= 4 is 82.6 Å². The average Bonchev–Trinajstić information content (AvgIpc) is 0.820. The molecule has 0 atom stereocenters. The van der Waals surface area contributed by atoms with Crippen molar-refractivity contribution in [1.82, 2.24) is 29.9 Å². The minimum Gasteiger partial charge on any atom is -0.512 e. The smallest absolute Gasteiger partial charge is 0.155 e. The molecule has 11 nitrogen and oxygen atoms in total. The molecule has 17 aromatic rings. The molecule has 599 valence electrons. The Bertz CT molecular complexity index is 6030. The zero-order valence-corrected chi connectivity index (χ0v) is 77.8. The maximum Gasteiger partial charge on any atom is 0.155 e. The molecule has 0 aliphatic carbocycles. The van der Waals surface area contributed by atoms with Gasteiger partial charge in [0.1, 0.15) is 0 Å². The summed E-state index contributed by atoms with van der Waals surface area (Å²) in [6.07, 6.45) is 3.90. The number of allylic oxidation sites excluding steroid dienone is 4. The van der Waals surface area contributed by atoms with Gasteiger partial charge in [0, 0.05) is 125 Å². The van der Waals surface area contributed by atoms with E-state index in [1.807, 2.05) is 152 Å². The monoisotopic (exact) mass is 2430 g/mol. The number of pyridine rings is 6. The van der Waals surface area contributed by atoms with Crippen LogP contribution in [0.25, 0.3) is 122 Å². The number of aromatic nitrogens is 6. The van der Waals surface area contributed by atoms with E-state index in [1.54, 1.807) is 24.4 Å². The average molecular weight is 2420 g/mol. The van der Waals surface area contributed by atoms with Crippen LogP contribution in [0.5, 0.6) is 0 Å². The minimum absolute atomic E-state index is 0. The van der Waals surface area contributed by atoms with Crippen LogP contribution in [0, 0.1) is 71.9 Å². The van der Waals surface area contributed by atoms with Gasteiger partial charge in [-0.25, -0.2) is 0 Å². The number of aliphatic hydroxyl groups is 2. The molecule has 0 unspecified atom stereocenters. The van der Waals surface area contributed by atoms with Gasteiger partial charge in [-0.1, -0.05) is 215 Å². The zero-order valence-electron chi connectivity index (χ0n) is 65.8. The number of hydrogen-bond acceptors (Lipinski definition) is 11. The van der Waals surface area contributed by atoms with Crippen molar-refractivity contribution in [1.29, 1.82) is 0 Å². The summed E-state index contributed by atoms with van der Waals surface area (Å²) in [5, 5.41) is 25.0. The Morgan fingerprint density at radius 3 is 1.15 bits per heavy atom. The third-order valence-corrected chi connectivity index (χ3v) is 16.9. The van der Waals surface area contributed by atoms with Crippen molar-refractivity contribution < 1.29 is 125 Å². The molecular formula is C101H84Ir5N6O5-6. The Balaban J connectivity index is 0.000000242. The molecular weight excluding hydrogens is 2340 g/mol. The number of aryl methyl sites for hydroxylation is 5. The summed E-state index contributed by atoms with van der Waals surface area (Å²) in [6.45, 7) is 19.3. The van der Waals surface area contributed by atoms with E-state index in [-0.39, 0.29) is 129 Å². The van der Waals surface area contributed by atoms with Gasteiger partial charge in [0.25, 0.3) is 0 Å². The molecule has 16 heteroatoms. The fourth-order valence-electron chi connectivity index (χ4n) is 11.8. The second-order valence-corrected chi connectivity index (χ2v) is 26.4. The van der Waals surface area contributed by atoms with Gasteiger partial charge in [0.05, 0.1) is 39.1 Å². The van der Waals surface area contributed by atoms with Gasteiger partial charge in [-0.05, 0) is 132 Å². The van der Waals surface area contributed by atoms with Crippen LogP contribution in [0.3, 0.4) is 0 Å². The number of rotatable bonds is 8. The van der Waals surface area contributed by atoms with E-state index in [1.165, 1.54) is 88.9 Å². The Kier molecular flexibility index (Phi) is 40.7. The molecule has 117 heavy (non-hydrogen) atoms. The van der Waals surface area contributed by atoms with Crippen LogP contribution in [0.2, 0.25) is 0 Å². The first-order valence-electron chi connectivity index (χ1n) is 36.4. The molecule has 0 spiro atoms. The number of hydrogen-bond donors (Lipinski definition) is 2. The van der Waals surface area contributed by atoms with Gasteiger partial charge < -0.3 is 20.0 Å². The summed E-state index contributed by atoms with van der Waals surface area (Å²) in [7, 11) is 0. The fourth-order valence-corrected chi connectivity index (χ4v) is 11.8. The van der Waals surface area contributed by atoms with E-state index >= 15 is 0 Å². The zero-order chi connectivity index (χ0) is 79.3. The molecule has 2 N–H and O–H groups in total. The van der Waals surface area contributed by atoms with E-state index in [0.717, 1.165) is 100 Å². The van der Waals surface area contributed by atoms with E-state index in [4.69, 9.17) is 25.2 Å². The molecule has 0 aliphatic heterocycles. The molecule has 0 fully saturated rings. The van der Waals surface area contributed by atoms with Crippen LogP contribution >= 0.6 is 0 Å². The number of nitrogens with zero attached hydrogens (tertiary/aromatic N) is 6. The van der Waals surface area contributed by atoms with Crippen LogP contribution < -0.4 is 0 Å². The molecule has 0 bridgehead atoms. The first-order chi connectivity index (χ1) is 54.2. The van der Waals surface area contributed by atoms with E-state index in [9.17, 15) is 14.4 Å². The Labute approximate surface area is 753 Å². The van der Waals surface area contributed by atoms with Gasteiger partial charge in [0.2, 0.25) is 0 Å². The summed E-state index contributed by atoms with van der Waals surface area (Å²) in [6, 6.07) is 118. The Morgan fingerprint density at radius 1 is 0.333 bits per heavy atom. The first-order valence-corrected chi connectivity index (χ1v) is 36.4. The van der Waals surface area contributed by atoms with E-state index < -0.39 is 0 Å². The van der Waals surface area contributed by atoms with Gasteiger partial charge in [-0.15, -0.1) is 177 Å². The standard InChI is InChI=1S/C19H12N.2C17H14N.C16H12N.C15H10N.C7H6NO.2C5H8O2.5Ir/c1-2-7-16-13-17(10-9-14(16)5-1)19-12-11-15-6-3-4-8-18(15)20-19;1-12-6-5-8-15(10-12)17-13(2)11-14-7-3-4-9-16(14)18-17;1-12-9-13(2)11-15(10-12)17-8-7-14-5-3-4-6-16(14)18-17;1-12-5-4-7-14(11-12)16-10-9-13-6-2-3-8-15(13)17-16;1-2-6-12(7-3-1)15-11-10-13-8-4-5-9-14(13)16-15;1-6(9)7-4-2-3-5-8-7;2*1-4(6)3-5(2)7;;;;;/h1-9,11-13H;3-9,11H,1-2H3;3-10H,1-2H3;2-6,8-11H,1H3;1-6,8-11H;2-5H,1H2;2*3,6H,1-2H3;;;;;/q6*-1;;;;;;;. The van der Waals surface area contributed by atoms with Crippen LogP contribution in [-0.2, 0) is 110 Å². The number of ketones is 3. The van der Waals surface area contributed by atoms with Crippen molar-refractivity contribution in [2.75, 3.05) is 0 Å². The third kappa shape index (κ3) is 30.3. The largest absolute Gasteiger partial charge is 0.512 e. The van der Waals surface area contributed by atoms with Gasteiger partial charge >= 0.3 is 0 Å². The van der Waals surface area contributed by atoms with Crippen LogP contribution in [0.15, 0.2) is 333 Å². The third-order valence-electron chi connectivity index (χ3n) is 16.9. The predicted octanol–water partition coefficient (Wildman–Crippen LogP) is 24.4. The summed E-state index contributed by atoms with van der Waals surface area (Å²) in [5.41, 5.74) is 21.7. The van der Waals surface area contributed by atoms with Crippen LogP contribution in [-0.4, -0.2) is 57.5 Å². The molecule has 0 saturated carbocycles. The summed E-state index contributed by atoms with van der Waals surface area (Å²) in [5.74, 6) is -0.365. The van der Waals surface area contributed by atoms with Crippen molar-refractivity contribution in [3.8, 4) is 56.3 Å². The molecule has 11 aromatic carbocycles. The molecule has 0 amide bonds. The van der Waals surface area contributed by atoms with E-state index in [0.29, 0.717) is 5.69 Å². The first kappa shape index (κ1) is 96.7. The van der Waals surface area contributed by atoms with Crippen LogP contribution in [0.1, 0.15) is 66.0 Å². The summed E-state index contributed by atoms with van der Waals surface area (Å²) >= 11 is 0. The number of fused-ring (bicyclic) bond motifs is 6. The SMILES string of the molecule is CC(=O)C=C(C)O.CC(=O)C=C(C)O.Cc1[c-]c(-c2ccc3ccccc3n2)cc(C)c1.Cc1[c-]c(-c2nc3ccccc3cc2C)ccc1.Cc1cc[c-]c(-c2ccc3ccccc3n2)c1.[CH2-]C(=O)c1ccccn1.[Ir].[Ir].[Ir].[Ir].[Ir].[c-]1cc2ccccc2cc1-c1ccc2ccccc2n1.[c-]1ccccc1-c1ccc2ccccc2n1. The van der Waals surface area contributed by atoms with Crippen molar-refractivity contribution in [3.63, 3.8) is 0 Å².